The first-order valence-electron chi connectivity index (χ1n) is 10.5. The minimum atomic E-state index is -0.461. The van der Waals surface area contributed by atoms with Crippen molar-refractivity contribution in [2.24, 2.45) is 0 Å². The second-order valence-electron chi connectivity index (χ2n) is 8.85. The van der Waals surface area contributed by atoms with Gasteiger partial charge in [-0.05, 0) is 48.2 Å². The van der Waals surface area contributed by atoms with Crippen LogP contribution in [0.15, 0.2) is 34.7 Å². The van der Waals surface area contributed by atoms with Crippen LogP contribution in [0, 0.1) is 6.92 Å². The maximum Gasteiger partial charge on any atom is 0.298 e. The monoisotopic (exact) mass is 424 g/mol. The van der Waals surface area contributed by atoms with Gasteiger partial charge in [0.25, 0.3) is 6.01 Å². The Balaban J connectivity index is 1.35. The molecule has 1 spiro atoms. The van der Waals surface area contributed by atoms with Gasteiger partial charge in [-0.2, -0.15) is 4.98 Å². The number of carbonyl (C=O) groups excluding carboxylic acids is 1. The summed E-state index contributed by atoms with van der Waals surface area (Å²) in [5.74, 6) is 1.21. The van der Waals surface area contributed by atoms with Gasteiger partial charge in [0.05, 0.1) is 12.0 Å². The first kappa shape index (κ1) is 19.4. The van der Waals surface area contributed by atoms with Crippen LogP contribution in [0.2, 0.25) is 5.02 Å². The summed E-state index contributed by atoms with van der Waals surface area (Å²) in [4.78, 5) is 19.7. The summed E-state index contributed by atoms with van der Waals surface area (Å²) in [6, 6.07) is 10.5. The minimum Gasteiger partial charge on any atom is -0.486 e. The highest BCUT2D eigenvalue weighted by molar-refractivity contribution is 6.31. The third kappa shape index (κ3) is 3.25. The molecule has 30 heavy (non-hydrogen) atoms. The van der Waals surface area contributed by atoms with Crippen LogP contribution in [-0.4, -0.2) is 29.5 Å². The molecule has 5 rings (SSSR count). The molecule has 0 atom stereocenters. The first-order chi connectivity index (χ1) is 14.3. The zero-order valence-corrected chi connectivity index (χ0v) is 18.3. The van der Waals surface area contributed by atoms with Crippen LogP contribution in [-0.2, 0) is 0 Å². The van der Waals surface area contributed by atoms with Gasteiger partial charge in [-0.25, -0.2) is 0 Å². The summed E-state index contributed by atoms with van der Waals surface area (Å²) >= 11 is 6.20. The van der Waals surface area contributed by atoms with Gasteiger partial charge in [0, 0.05) is 31.0 Å². The van der Waals surface area contributed by atoms with Crippen molar-refractivity contribution < 1.29 is 13.9 Å². The Hall–Kier alpha value is -2.53. The Morgan fingerprint density at radius 1 is 1.17 bits per heavy atom. The number of ether oxygens (including phenoxy) is 1. The summed E-state index contributed by atoms with van der Waals surface area (Å²) in [6.45, 7) is 7.74. The zero-order valence-electron chi connectivity index (χ0n) is 17.5. The van der Waals surface area contributed by atoms with Crippen LogP contribution >= 0.6 is 11.6 Å². The molecule has 2 aromatic carbocycles. The Kier molecular flexibility index (Phi) is 4.55. The smallest absolute Gasteiger partial charge is 0.298 e. The summed E-state index contributed by atoms with van der Waals surface area (Å²) in [5.41, 5.74) is 4.01. The van der Waals surface area contributed by atoms with Gasteiger partial charge in [-0.3, -0.25) is 4.79 Å². The molecule has 0 radical (unpaired) electrons. The number of rotatable bonds is 2. The Labute approximate surface area is 181 Å². The highest BCUT2D eigenvalue weighted by Crippen LogP contribution is 2.42. The number of hydrogen-bond donors (Lipinski definition) is 0. The van der Waals surface area contributed by atoms with E-state index in [2.05, 4.69) is 30.9 Å². The van der Waals surface area contributed by atoms with Crippen molar-refractivity contribution in [3.8, 4) is 5.75 Å². The number of aromatic nitrogens is 1. The number of nitrogens with zero attached hydrogens (tertiary/aromatic N) is 2. The first-order valence-corrected chi connectivity index (χ1v) is 10.9. The lowest BCUT2D eigenvalue weighted by Crippen LogP contribution is -2.51. The lowest BCUT2D eigenvalue weighted by Gasteiger charge is -2.43. The van der Waals surface area contributed by atoms with E-state index in [0.717, 1.165) is 42.6 Å². The van der Waals surface area contributed by atoms with E-state index < -0.39 is 5.60 Å². The van der Waals surface area contributed by atoms with Crippen LogP contribution in [0.1, 0.15) is 60.5 Å². The summed E-state index contributed by atoms with van der Waals surface area (Å²) < 4.78 is 12.4. The fourth-order valence-electron chi connectivity index (χ4n) is 4.43. The van der Waals surface area contributed by atoms with Gasteiger partial charge in [0.15, 0.2) is 11.4 Å². The van der Waals surface area contributed by atoms with Gasteiger partial charge in [0.1, 0.15) is 16.9 Å². The van der Waals surface area contributed by atoms with E-state index >= 15 is 0 Å². The summed E-state index contributed by atoms with van der Waals surface area (Å²) in [6.07, 6.45) is 1.88. The number of piperidine rings is 1. The second-order valence-corrected chi connectivity index (χ2v) is 9.26. The summed E-state index contributed by atoms with van der Waals surface area (Å²) in [7, 11) is 0. The van der Waals surface area contributed by atoms with Crippen molar-refractivity contribution in [3.63, 3.8) is 0 Å². The zero-order chi connectivity index (χ0) is 21.0. The quantitative estimate of drug-likeness (QED) is 0.511. The molecule has 0 aliphatic carbocycles. The van der Waals surface area contributed by atoms with E-state index in [-0.39, 0.29) is 5.78 Å². The molecule has 3 aromatic rings. The molecule has 1 fully saturated rings. The number of hydrogen-bond acceptors (Lipinski definition) is 5. The lowest BCUT2D eigenvalue weighted by molar-refractivity contribution is 0.0226. The molecule has 5 nitrogen and oxygen atoms in total. The van der Waals surface area contributed by atoms with E-state index in [1.165, 1.54) is 5.56 Å². The van der Waals surface area contributed by atoms with Crippen LogP contribution in [0.3, 0.4) is 0 Å². The molecule has 0 bridgehead atoms. The van der Waals surface area contributed by atoms with Crippen LogP contribution in [0.5, 0.6) is 5.75 Å². The molecule has 1 aromatic heterocycles. The number of fused-ring (bicyclic) bond motifs is 2. The van der Waals surface area contributed by atoms with Crippen molar-refractivity contribution in [1.82, 2.24) is 4.98 Å². The third-order valence-corrected chi connectivity index (χ3v) is 6.79. The van der Waals surface area contributed by atoms with E-state index in [1.807, 2.05) is 19.1 Å². The highest BCUT2D eigenvalue weighted by atomic mass is 35.5. The third-order valence-electron chi connectivity index (χ3n) is 6.38. The van der Waals surface area contributed by atoms with E-state index in [0.29, 0.717) is 34.7 Å². The maximum atomic E-state index is 12.8. The average molecular weight is 425 g/mol. The fourth-order valence-corrected chi connectivity index (χ4v) is 4.59. The number of oxazole rings is 1. The largest absolute Gasteiger partial charge is 0.486 e. The maximum absolute atomic E-state index is 12.8. The number of ketones is 1. The predicted molar refractivity (Wildman–Crippen MR) is 118 cm³/mol. The number of aryl methyl sites for hydroxylation is 1. The van der Waals surface area contributed by atoms with Crippen molar-refractivity contribution >= 4 is 34.5 Å². The van der Waals surface area contributed by atoms with Crippen molar-refractivity contribution in [2.45, 2.75) is 51.6 Å². The fraction of sp³-hybridized carbons (Fsp3) is 0.417. The van der Waals surface area contributed by atoms with E-state index in [9.17, 15) is 4.79 Å². The molecule has 6 heteroatoms. The molecule has 0 unspecified atom stereocenters. The Bertz CT molecular complexity index is 1140. The van der Waals surface area contributed by atoms with E-state index in [4.69, 9.17) is 25.7 Å². The van der Waals surface area contributed by atoms with Gasteiger partial charge < -0.3 is 14.1 Å². The lowest BCUT2D eigenvalue weighted by atomic mass is 9.82. The Morgan fingerprint density at radius 3 is 2.67 bits per heavy atom. The normalized spacial score (nSPS) is 18.2. The molecule has 156 valence electrons. The van der Waals surface area contributed by atoms with Gasteiger partial charge in [-0.15, -0.1) is 0 Å². The topological polar surface area (TPSA) is 55.6 Å². The number of halogens is 1. The predicted octanol–water partition coefficient (Wildman–Crippen LogP) is 5.92. The van der Waals surface area contributed by atoms with Crippen LogP contribution in [0.25, 0.3) is 11.1 Å². The van der Waals surface area contributed by atoms with Gasteiger partial charge >= 0.3 is 0 Å². The molecule has 0 N–H and O–H groups in total. The Morgan fingerprint density at radius 2 is 1.93 bits per heavy atom. The number of Topliss-reactive ketones (excluding diaryl/α,β-unsaturated/α-hetero) is 1. The van der Waals surface area contributed by atoms with Crippen molar-refractivity contribution in [2.75, 3.05) is 18.0 Å². The number of anilines is 1. The van der Waals surface area contributed by atoms with Crippen LogP contribution in [0.4, 0.5) is 6.01 Å². The average Bonchev–Trinajstić information content (AvgIpc) is 3.13. The van der Waals surface area contributed by atoms with Gasteiger partial charge in [-0.1, -0.05) is 31.5 Å². The minimum absolute atomic E-state index is 0.106. The molecule has 2 aliphatic rings. The summed E-state index contributed by atoms with van der Waals surface area (Å²) in [5, 5.41) is 0.605. The van der Waals surface area contributed by atoms with E-state index in [1.54, 1.807) is 6.07 Å². The SMILES string of the molecule is Cc1cc2c(cc1Cl)C(=O)CC1(CCN(c3nc4cc(C(C)C)ccc4o3)CC1)O2. The molecule has 1 saturated heterocycles. The van der Waals surface area contributed by atoms with Gasteiger partial charge in [0.2, 0.25) is 0 Å². The molecule has 2 aliphatic heterocycles. The number of carbonyl (C=O) groups is 1. The number of benzene rings is 2. The molecule has 0 amide bonds. The second kappa shape index (κ2) is 7.02. The molecule has 0 saturated carbocycles. The molecular weight excluding hydrogens is 400 g/mol. The molecular formula is C24H25ClN2O3. The van der Waals surface area contributed by atoms with Crippen LogP contribution < -0.4 is 9.64 Å². The highest BCUT2D eigenvalue weighted by Gasteiger charge is 2.43. The van der Waals surface area contributed by atoms with Crippen molar-refractivity contribution in [1.29, 1.82) is 0 Å². The molecule has 3 heterocycles. The standard InChI is InChI=1S/C24H25ClN2O3/c1-14(2)16-4-5-21-19(11-16)26-23(29-21)27-8-6-24(7-9-27)13-20(28)17-12-18(25)15(3)10-22(17)30-24/h4-5,10-12,14H,6-9,13H2,1-3H3. The van der Waals surface area contributed by atoms with Crippen molar-refractivity contribution in [3.05, 3.63) is 52.0 Å².